The van der Waals surface area contributed by atoms with Crippen LogP contribution in [0.5, 0.6) is 5.75 Å². The Bertz CT molecular complexity index is 390. The summed E-state index contributed by atoms with van der Waals surface area (Å²) in [4.78, 5) is 0. The van der Waals surface area contributed by atoms with Gasteiger partial charge < -0.3 is 15.4 Å². The van der Waals surface area contributed by atoms with Crippen molar-refractivity contribution in [2.75, 3.05) is 26.2 Å². The van der Waals surface area contributed by atoms with E-state index in [-0.39, 0.29) is 0 Å². The van der Waals surface area contributed by atoms with Crippen LogP contribution < -0.4 is 15.4 Å². The molecule has 0 radical (unpaired) electrons. The lowest BCUT2D eigenvalue weighted by atomic mass is 10.0. The number of hydrogen-bond acceptors (Lipinski definition) is 3. The van der Waals surface area contributed by atoms with Gasteiger partial charge in [0.1, 0.15) is 5.75 Å². The maximum absolute atomic E-state index is 5.63. The van der Waals surface area contributed by atoms with E-state index in [2.05, 4.69) is 42.7 Å². The number of benzene rings is 1. The van der Waals surface area contributed by atoms with Crippen molar-refractivity contribution >= 4 is 0 Å². The second-order valence-corrected chi connectivity index (χ2v) is 5.67. The molecule has 1 aliphatic heterocycles. The molecule has 0 spiro atoms. The highest BCUT2D eigenvalue weighted by molar-refractivity contribution is 5.38. The Hall–Kier alpha value is -1.06. The van der Waals surface area contributed by atoms with Crippen LogP contribution in [0.2, 0.25) is 0 Å². The molecule has 0 atom stereocenters. The van der Waals surface area contributed by atoms with Gasteiger partial charge in [0.05, 0.1) is 6.61 Å². The van der Waals surface area contributed by atoms with Gasteiger partial charge in [0.25, 0.3) is 0 Å². The number of aryl methyl sites for hydroxylation is 1. The van der Waals surface area contributed by atoms with E-state index in [0.29, 0.717) is 0 Å². The smallest absolute Gasteiger partial charge is 0.122 e. The molecule has 0 aliphatic carbocycles. The molecule has 0 amide bonds. The Morgan fingerprint density at radius 2 is 2.05 bits per heavy atom. The second kappa shape index (κ2) is 7.51. The quantitative estimate of drug-likeness (QED) is 0.740. The minimum absolute atomic E-state index is 0.723. The summed E-state index contributed by atoms with van der Waals surface area (Å²) in [7, 11) is 0. The Balaban J connectivity index is 1.68. The van der Waals surface area contributed by atoms with E-state index in [9.17, 15) is 0 Å². The third-order valence-electron chi connectivity index (χ3n) is 3.33. The molecule has 0 unspecified atom stereocenters. The van der Waals surface area contributed by atoms with Gasteiger partial charge in [-0.2, -0.15) is 0 Å². The molecule has 1 aliphatic rings. The fourth-order valence-corrected chi connectivity index (χ4v) is 2.32. The van der Waals surface area contributed by atoms with Gasteiger partial charge in [-0.3, -0.25) is 0 Å². The average molecular weight is 262 g/mol. The van der Waals surface area contributed by atoms with Crippen LogP contribution in [0, 0.1) is 5.92 Å². The van der Waals surface area contributed by atoms with E-state index in [1.54, 1.807) is 0 Å². The second-order valence-electron chi connectivity index (χ2n) is 5.67. The first-order valence-electron chi connectivity index (χ1n) is 7.42. The molecular weight excluding hydrogens is 236 g/mol. The summed E-state index contributed by atoms with van der Waals surface area (Å²) in [5, 5.41) is 6.92. The first kappa shape index (κ1) is 14.4. The van der Waals surface area contributed by atoms with Crippen LogP contribution in [0.3, 0.4) is 0 Å². The summed E-state index contributed by atoms with van der Waals surface area (Å²) >= 11 is 0. The Morgan fingerprint density at radius 1 is 1.21 bits per heavy atom. The Morgan fingerprint density at radius 3 is 2.89 bits per heavy atom. The molecule has 1 aromatic rings. The molecular formula is C16H26N2O. The van der Waals surface area contributed by atoms with Gasteiger partial charge in [0.2, 0.25) is 0 Å². The van der Waals surface area contributed by atoms with Crippen molar-refractivity contribution < 1.29 is 4.74 Å². The zero-order valence-electron chi connectivity index (χ0n) is 12.2. The third-order valence-corrected chi connectivity index (χ3v) is 3.33. The lowest BCUT2D eigenvalue weighted by Crippen LogP contribution is -2.29. The number of fused-ring (bicyclic) bond motifs is 1. The van der Waals surface area contributed by atoms with E-state index in [4.69, 9.17) is 4.74 Å². The molecule has 1 heterocycles. The zero-order valence-corrected chi connectivity index (χ0v) is 12.2. The first-order valence-corrected chi connectivity index (χ1v) is 7.42. The van der Waals surface area contributed by atoms with Crippen LogP contribution >= 0.6 is 0 Å². The minimum atomic E-state index is 0.723. The van der Waals surface area contributed by atoms with E-state index >= 15 is 0 Å². The van der Waals surface area contributed by atoms with E-state index in [0.717, 1.165) is 57.3 Å². The molecule has 0 aromatic heterocycles. The van der Waals surface area contributed by atoms with Crippen molar-refractivity contribution in [3.63, 3.8) is 0 Å². The monoisotopic (exact) mass is 262 g/mol. The van der Waals surface area contributed by atoms with Crippen LogP contribution in [0.1, 0.15) is 31.4 Å². The maximum Gasteiger partial charge on any atom is 0.122 e. The van der Waals surface area contributed by atoms with Crippen LogP contribution in [0.25, 0.3) is 0 Å². The predicted molar refractivity (Wildman–Crippen MR) is 79.7 cm³/mol. The van der Waals surface area contributed by atoms with Crippen molar-refractivity contribution in [1.82, 2.24) is 10.6 Å². The summed E-state index contributed by atoms with van der Waals surface area (Å²) in [6.07, 6.45) is 2.29. The fraction of sp³-hybridized carbons (Fsp3) is 0.625. The number of hydrogen-bond donors (Lipinski definition) is 2. The summed E-state index contributed by atoms with van der Waals surface area (Å²) in [6.45, 7) is 9.42. The van der Waals surface area contributed by atoms with E-state index < -0.39 is 0 Å². The molecule has 3 nitrogen and oxygen atoms in total. The van der Waals surface area contributed by atoms with Crippen molar-refractivity contribution in [3.8, 4) is 5.75 Å². The van der Waals surface area contributed by atoms with Crippen LogP contribution in [-0.2, 0) is 13.0 Å². The molecule has 0 fully saturated rings. The highest BCUT2D eigenvalue weighted by Gasteiger charge is 2.09. The molecule has 1 aromatic carbocycles. The number of rotatable bonds is 7. The largest absolute Gasteiger partial charge is 0.493 e. The molecule has 2 rings (SSSR count). The molecule has 3 heteroatoms. The Labute approximate surface area is 116 Å². The van der Waals surface area contributed by atoms with Gasteiger partial charge in [0.15, 0.2) is 0 Å². The maximum atomic E-state index is 5.63. The highest BCUT2D eigenvalue weighted by atomic mass is 16.5. The molecule has 0 saturated heterocycles. The third kappa shape index (κ3) is 4.84. The summed E-state index contributed by atoms with van der Waals surface area (Å²) in [6, 6.07) is 6.56. The molecule has 2 N–H and O–H groups in total. The van der Waals surface area contributed by atoms with Crippen LogP contribution in [0.15, 0.2) is 18.2 Å². The lowest BCUT2D eigenvalue weighted by Gasteiger charge is -2.18. The van der Waals surface area contributed by atoms with E-state index in [1.165, 1.54) is 11.1 Å². The minimum Gasteiger partial charge on any atom is -0.493 e. The summed E-state index contributed by atoms with van der Waals surface area (Å²) in [5.41, 5.74) is 2.72. The van der Waals surface area contributed by atoms with Gasteiger partial charge in [-0.25, -0.2) is 0 Å². The first-order chi connectivity index (χ1) is 9.25. The highest BCUT2D eigenvalue weighted by Crippen LogP contribution is 2.25. The molecule has 106 valence electrons. The van der Waals surface area contributed by atoms with Crippen LogP contribution in [-0.4, -0.2) is 26.2 Å². The van der Waals surface area contributed by atoms with Crippen LogP contribution in [0.4, 0.5) is 0 Å². The predicted octanol–water partition coefficient (Wildman–Crippen LogP) is 2.35. The van der Waals surface area contributed by atoms with Crippen molar-refractivity contribution in [2.24, 2.45) is 5.92 Å². The summed E-state index contributed by atoms with van der Waals surface area (Å²) < 4.78 is 5.63. The van der Waals surface area contributed by atoms with Crippen molar-refractivity contribution in [3.05, 3.63) is 29.3 Å². The average Bonchev–Trinajstić information content (AvgIpc) is 2.42. The Kier molecular flexibility index (Phi) is 5.67. The lowest BCUT2D eigenvalue weighted by molar-refractivity contribution is 0.288. The fourth-order valence-electron chi connectivity index (χ4n) is 2.32. The molecule has 0 saturated carbocycles. The molecule has 19 heavy (non-hydrogen) atoms. The van der Waals surface area contributed by atoms with Gasteiger partial charge in [-0.05, 0) is 42.5 Å². The topological polar surface area (TPSA) is 33.3 Å². The standard InChI is InChI=1S/C16H26N2O/c1-13(2)11-17-7-8-18-12-14-5-6-16-15(10-14)4-3-9-19-16/h5-6,10,13,17-18H,3-4,7-9,11-12H2,1-2H3. The normalized spacial score (nSPS) is 14.3. The van der Waals surface area contributed by atoms with Gasteiger partial charge >= 0.3 is 0 Å². The van der Waals surface area contributed by atoms with Gasteiger partial charge in [-0.1, -0.05) is 26.0 Å². The number of ether oxygens (including phenoxy) is 1. The summed E-state index contributed by atoms with van der Waals surface area (Å²) in [5.74, 6) is 1.80. The van der Waals surface area contributed by atoms with E-state index in [1.807, 2.05) is 0 Å². The number of nitrogens with one attached hydrogen (secondary N) is 2. The van der Waals surface area contributed by atoms with Crippen molar-refractivity contribution in [2.45, 2.75) is 33.2 Å². The van der Waals surface area contributed by atoms with Gasteiger partial charge in [0, 0.05) is 19.6 Å². The zero-order chi connectivity index (χ0) is 13.5. The van der Waals surface area contributed by atoms with Gasteiger partial charge in [-0.15, -0.1) is 0 Å². The van der Waals surface area contributed by atoms with Crippen molar-refractivity contribution in [1.29, 1.82) is 0 Å². The molecule has 0 bridgehead atoms. The SMILES string of the molecule is CC(C)CNCCNCc1ccc2c(c1)CCCO2.